The Morgan fingerprint density at radius 2 is 0.882 bits per heavy atom. The molecule has 2 heterocycles. The molecule has 0 amide bonds. The monoisotopic (exact) mass is 914 g/mol. The highest BCUT2D eigenvalue weighted by Crippen LogP contribution is 2.41. The Hall–Kier alpha value is -6.38. The van der Waals surface area contributed by atoms with E-state index in [1.54, 1.807) is 24.3 Å². The van der Waals surface area contributed by atoms with Crippen molar-refractivity contribution in [2.75, 3.05) is 0 Å². The van der Waals surface area contributed by atoms with Crippen molar-refractivity contribution in [3.8, 4) is 0 Å². The molecule has 6 aromatic carbocycles. The van der Waals surface area contributed by atoms with Crippen LogP contribution in [0, 0.1) is 0 Å². The summed E-state index contributed by atoms with van der Waals surface area (Å²) in [4.78, 5) is 22.0. The van der Waals surface area contributed by atoms with Crippen molar-refractivity contribution in [3.05, 3.63) is 204 Å². The third kappa shape index (κ3) is 14.6. The average molecular weight is 915 g/mol. The Morgan fingerprint density at radius 1 is 0.529 bits per heavy atom. The van der Waals surface area contributed by atoms with E-state index in [-0.39, 0.29) is 0 Å². The Labute approximate surface area is 401 Å². The molecule has 0 aromatic heterocycles. The third-order valence-corrected chi connectivity index (χ3v) is 11.7. The van der Waals surface area contributed by atoms with Crippen molar-refractivity contribution in [2.24, 2.45) is 10.3 Å². The number of benzene rings is 6. The third-order valence-electron chi connectivity index (χ3n) is 11.7. The summed E-state index contributed by atoms with van der Waals surface area (Å²) >= 11 is 0. The van der Waals surface area contributed by atoms with Gasteiger partial charge in [-0.2, -0.15) is 0 Å². The molecule has 14 heteroatoms. The summed E-state index contributed by atoms with van der Waals surface area (Å²) in [6.45, 7) is 10.5. The summed E-state index contributed by atoms with van der Waals surface area (Å²) in [6.07, 6.45) is 8.22. The predicted octanol–water partition coefficient (Wildman–Crippen LogP) is 7.05. The van der Waals surface area contributed by atoms with Crippen LogP contribution in [0.25, 0.3) is 5.57 Å². The van der Waals surface area contributed by atoms with Gasteiger partial charge in [-0.1, -0.05) is 221 Å². The molecular weight excluding hydrogens is 853 g/mol. The van der Waals surface area contributed by atoms with Gasteiger partial charge in [0.15, 0.2) is 11.2 Å². The first kappa shape index (κ1) is 52.6. The highest BCUT2D eigenvalue weighted by atomic mass is 16.7. The van der Waals surface area contributed by atoms with E-state index in [1.165, 1.54) is 41.8 Å². The van der Waals surface area contributed by atoms with E-state index in [1.807, 2.05) is 66.7 Å². The maximum Gasteiger partial charge on any atom is 0.488 e. The SMILES string of the molecule is C=C(CCC)c1ccccc1.CCCC1(c2ccccc2)CC(c2ccc(B(O)O)cc2)=NO1.CCCC1(c2ccccc2)CC(c2ccc(B(O)O)cc2)=NO1.O=Cc1ccc(B(O)O)cc1. The molecular formula is C54H61B3N2O9. The van der Waals surface area contributed by atoms with Gasteiger partial charge in [-0.3, -0.25) is 4.79 Å². The fraction of sp³-hybridized carbons (Fsp3) is 0.241. The van der Waals surface area contributed by atoms with E-state index < -0.39 is 32.6 Å². The van der Waals surface area contributed by atoms with Crippen LogP contribution in [0.1, 0.15) is 110 Å². The van der Waals surface area contributed by atoms with Crippen molar-refractivity contribution in [2.45, 2.75) is 83.3 Å². The van der Waals surface area contributed by atoms with Gasteiger partial charge in [0.05, 0.1) is 11.4 Å². The lowest BCUT2D eigenvalue weighted by Gasteiger charge is -2.26. The largest absolute Gasteiger partial charge is 0.488 e. The fourth-order valence-electron chi connectivity index (χ4n) is 7.98. The molecule has 0 aliphatic carbocycles. The van der Waals surface area contributed by atoms with Crippen LogP contribution in [0.2, 0.25) is 0 Å². The van der Waals surface area contributed by atoms with Crippen LogP contribution in [0.5, 0.6) is 0 Å². The minimum atomic E-state index is -1.46. The van der Waals surface area contributed by atoms with E-state index in [0.29, 0.717) is 41.1 Å². The minimum absolute atomic E-state index is 0.385. The van der Waals surface area contributed by atoms with Gasteiger partial charge in [-0.25, -0.2) is 0 Å². The molecule has 0 radical (unpaired) electrons. The maximum absolute atomic E-state index is 10.2. The number of rotatable bonds is 15. The van der Waals surface area contributed by atoms with Crippen molar-refractivity contribution >= 4 is 61.0 Å². The van der Waals surface area contributed by atoms with Crippen molar-refractivity contribution in [1.82, 2.24) is 0 Å². The van der Waals surface area contributed by atoms with Gasteiger partial charge in [0.1, 0.15) is 6.29 Å². The smallest absolute Gasteiger partial charge is 0.423 e. The Bertz CT molecular complexity index is 2390. The van der Waals surface area contributed by atoms with Gasteiger partial charge in [-0.15, -0.1) is 0 Å². The van der Waals surface area contributed by atoms with E-state index in [0.717, 1.165) is 65.8 Å². The molecule has 2 aliphatic heterocycles. The minimum Gasteiger partial charge on any atom is -0.423 e. The van der Waals surface area contributed by atoms with Crippen LogP contribution >= 0.6 is 0 Å². The standard InChI is InChI=1S/2C18H20BNO3.C11H14.C7H7BO3/c2*1-2-12-18(15-6-4-3-5-7-15)13-17(20-23-18)14-8-10-16(11-9-14)19(21)22;1-3-7-10(2)11-8-5-4-6-9-11;9-5-6-1-3-7(4-2-6)8(10)11/h2*3-11,21-22H,2,12-13H2,1H3;4-6,8-9H,2-3,7H2,1H3;1-5,10-11H. The zero-order valence-electron chi connectivity index (χ0n) is 39.1. The van der Waals surface area contributed by atoms with Crippen LogP contribution < -0.4 is 16.4 Å². The molecule has 0 spiro atoms. The highest BCUT2D eigenvalue weighted by molar-refractivity contribution is 6.59. The second-order valence-electron chi connectivity index (χ2n) is 16.7. The first-order valence-corrected chi connectivity index (χ1v) is 23.1. The van der Waals surface area contributed by atoms with Gasteiger partial charge in [-0.05, 0) is 69.0 Å². The van der Waals surface area contributed by atoms with Gasteiger partial charge in [0.25, 0.3) is 0 Å². The number of carbonyl (C=O) groups excluding carboxylic acids is 1. The predicted molar refractivity (Wildman–Crippen MR) is 275 cm³/mol. The van der Waals surface area contributed by atoms with Gasteiger partial charge in [0.2, 0.25) is 0 Å². The maximum atomic E-state index is 10.2. The van der Waals surface area contributed by atoms with Gasteiger partial charge >= 0.3 is 21.4 Å². The lowest BCUT2D eigenvalue weighted by molar-refractivity contribution is -0.0307. The molecule has 0 fully saturated rings. The highest BCUT2D eigenvalue weighted by Gasteiger charge is 2.41. The number of allylic oxidation sites excluding steroid dienone is 1. The van der Waals surface area contributed by atoms with E-state index in [4.69, 9.17) is 19.7 Å². The van der Waals surface area contributed by atoms with Crippen LogP contribution in [0.3, 0.4) is 0 Å². The molecule has 2 aliphatic rings. The number of hydrogen-bond acceptors (Lipinski definition) is 11. The van der Waals surface area contributed by atoms with Crippen LogP contribution in [0.4, 0.5) is 0 Å². The molecule has 2 unspecified atom stereocenters. The molecule has 68 heavy (non-hydrogen) atoms. The molecule has 6 N–H and O–H groups in total. The first-order chi connectivity index (χ1) is 32.9. The Morgan fingerprint density at radius 3 is 1.21 bits per heavy atom. The van der Waals surface area contributed by atoms with E-state index in [9.17, 15) is 24.9 Å². The molecule has 0 saturated carbocycles. The molecule has 350 valence electrons. The Balaban J connectivity index is 0.000000180. The molecule has 8 rings (SSSR count). The second kappa shape index (κ2) is 26.2. The normalized spacial score (nSPS) is 16.6. The van der Waals surface area contributed by atoms with Crippen molar-refractivity contribution < 1.29 is 44.6 Å². The lowest BCUT2D eigenvalue weighted by Crippen LogP contribution is -2.29. The van der Waals surface area contributed by atoms with Crippen LogP contribution in [0.15, 0.2) is 181 Å². The average Bonchev–Trinajstić information content (AvgIpc) is 4.02. The molecule has 0 saturated heterocycles. The zero-order valence-corrected chi connectivity index (χ0v) is 39.1. The zero-order chi connectivity index (χ0) is 48.9. The van der Waals surface area contributed by atoms with E-state index in [2.05, 4.69) is 86.2 Å². The van der Waals surface area contributed by atoms with Crippen molar-refractivity contribution in [3.63, 3.8) is 0 Å². The molecule has 6 aromatic rings. The molecule has 2 atom stereocenters. The van der Waals surface area contributed by atoms with Crippen LogP contribution in [-0.2, 0) is 20.9 Å². The summed E-state index contributed by atoms with van der Waals surface area (Å²) in [6, 6.07) is 51.0. The Kier molecular flexibility index (Phi) is 20.3. The molecule has 11 nitrogen and oxygen atoms in total. The number of nitrogens with zero attached hydrogens (tertiary/aromatic N) is 2. The quantitative estimate of drug-likeness (QED) is 0.0465. The lowest BCUT2D eigenvalue weighted by atomic mass is 9.79. The summed E-state index contributed by atoms with van der Waals surface area (Å²) in [5.41, 5.74) is 9.51. The fourth-order valence-corrected chi connectivity index (χ4v) is 7.98. The summed E-state index contributed by atoms with van der Waals surface area (Å²) in [7, 11) is -4.36. The topological polar surface area (TPSA) is 182 Å². The number of aldehydes is 1. The second-order valence-corrected chi connectivity index (χ2v) is 16.7. The number of oxime groups is 2. The summed E-state index contributed by atoms with van der Waals surface area (Å²) < 4.78 is 0. The number of hydrogen-bond donors (Lipinski definition) is 6. The van der Waals surface area contributed by atoms with Gasteiger partial charge in [0, 0.05) is 18.4 Å². The summed E-state index contributed by atoms with van der Waals surface area (Å²) in [5.74, 6) is 0. The molecule has 0 bridgehead atoms. The van der Waals surface area contributed by atoms with Crippen molar-refractivity contribution in [1.29, 1.82) is 0 Å². The van der Waals surface area contributed by atoms with Gasteiger partial charge < -0.3 is 39.8 Å². The summed E-state index contributed by atoms with van der Waals surface area (Å²) in [5, 5.41) is 62.7. The van der Waals surface area contributed by atoms with E-state index >= 15 is 0 Å². The van der Waals surface area contributed by atoms with Crippen LogP contribution in [-0.4, -0.2) is 69.2 Å². The number of carbonyl (C=O) groups is 1. The first-order valence-electron chi connectivity index (χ1n) is 23.1.